The summed E-state index contributed by atoms with van der Waals surface area (Å²) in [5.74, 6) is 0.0228. The molecule has 0 saturated carbocycles. The molecule has 1 aromatic rings. The van der Waals surface area contributed by atoms with Crippen LogP contribution in [-0.2, 0) is 4.79 Å². The lowest BCUT2D eigenvalue weighted by molar-refractivity contribution is -0.129. The topological polar surface area (TPSA) is 52.6 Å². The highest BCUT2D eigenvalue weighted by Crippen LogP contribution is 2.25. The van der Waals surface area contributed by atoms with Crippen LogP contribution < -0.4 is 9.47 Å². The minimum Gasteiger partial charge on any atom is -0.490 e. The molecule has 0 amide bonds. The summed E-state index contributed by atoms with van der Waals surface area (Å²) in [6, 6.07) is 4.72. The van der Waals surface area contributed by atoms with Crippen LogP contribution in [0.1, 0.15) is 24.2 Å². The van der Waals surface area contributed by atoms with Crippen LogP contribution in [0.3, 0.4) is 0 Å². The second-order valence-electron chi connectivity index (χ2n) is 3.73. The van der Waals surface area contributed by atoms with Crippen molar-refractivity contribution in [2.45, 2.75) is 13.8 Å². The van der Waals surface area contributed by atoms with Gasteiger partial charge in [0.15, 0.2) is 5.78 Å². The van der Waals surface area contributed by atoms with Crippen molar-refractivity contribution in [3.8, 4) is 11.5 Å². The minimum atomic E-state index is -0.523. The molecule has 0 aromatic heterocycles. The van der Waals surface area contributed by atoms with Gasteiger partial charge in [-0.25, -0.2) is 4.79 Å². The largest absolute Gasteiger partial charge is 0.490 e. The van der Waals surface area contributed by atoms with Gasteiger partial charge in [-0.2, -0.15) is 0 Å². The van der Waals surface area contributed by atoms with E-state index in [4.69, 9.17) is 9.47 Å². The van der Waals surface area contributed by atoms with Crippen LogP contribution in [0.15, 0.2) is 43.0 Å². The predicted octanol–water partition coefficient (Wildman–Crippen LogP) is 2.94. The Kier molecular flexibility index (Phi) is 5.54. The van der Waals surface area contributed by atoms with E-state index in [2.05, 4.69) is 6.58 Å². The van der Waals surface area contributed by atoms with Crippen LogP contribution in [0, 0.1) is 0 Å². The van der Waals surface area contributed by atoms with Crippen molar-refractivity contribution in [3.05, 3.63) is 48.6 Å². The van der Waals surface area contributed by atoms with Gasteiger partial charge in [-0.1, -0.05) is 18.7 Å². The van der Waals surface area contributed by atoms with Gasteiger partial charge in [0.2, 0.25) is 0 Å². The molecule has 1 rings (SSSR count). The number of rotatable bonds is 6. The maximum absolute atomic E-state index is 11.5. The van der Waals surface area contributed by atoms with Crippen molar-refractivity contribution in [1.29, 1.82) is 0 Å². The van der Waals surface area contributed by atoms with E-state index in [0.717, 1.165) is 0 Å². The third-order valence-corrected chi connectivity index (χ3v) is 2.21. The zero-order valence-electron chi connectivity index (χ0n) is 11.0. The third kappa shape index (κ3) is 4.43. The van der Waals surface area contributed by atoms with Gasteiger partial charge in [0.25, 0.3) is 0 Å². The molecule has 0 N–H and O–H groups in total. The lowest BCUT2D eigenvalue weighted by Gasteiger charge is -2.09. The van der Waals surface area contributed by atoms with Gasteiger partial charge in [-0.3, -0.25) is 4.79 Å². The van der Waals surface area contributed by atoms with E-state index < -0.39 is 5.97 Å². The zero-order chi connectivity index (χ0) is 14.3. The van der Waals surface area contributed by atoms with Gasteiger partial charge >= 0.3 is 5.97 Å². The zero-order valence-corrected chi connectivity index (χ0v) is 11.0. The molecule has 0 aliphatic rings. The number of carbonyl (C=O) groups is 2. The Hall–Kier alpha value is -2.36. The molecule has 0 bridgehead atoms. The summed E-state index contributed by atoms with van der Waals surface area (Å²) in [7, 11) is 0. The van der Waals surface area contributed by atoms with E-state index >= 15 is 0 Å². The minimum absolute atomic E-state index is 0.202. The number of carbonyl (C=O) groups excluding carboxylic acids is 2. The Labute approximate surface area is 112 Å². The highest BCUT2D eigenvalue weighted by Gasteiger charge is 2.12. The molecule has 1 aromatic carbocycles. The van der Waals surface area contributed by atoms with Gasteiger partial charge in [0, 0.05) is 6.08 Å². The van der Waals surface area contributed by atoms with Gasteiger partial charge in [0.05, 0.1) is 5.56 Å². The van der Waals surface area contributed by atoms with Gasteiger partial charge in [0.1, 0.15) is 18.1 Å². The van der Waals surface area contributed by atoms with Crippen LogP contribution in [0.5, 0.6) is 11.5 Å². The summed E-state index contributed by atoms with van der Waals surface area (Å²) in [5.41, 5.74) is 0.305. The number of Topliss-reactive ketones (excluding diaryl/α,β-unsaturated/α-hetero) is 1. The Bertz CT molecular complexity index is 515. The molecule has 0 atom stereocenters. The molecule has 0 radical (unpaired) electrons. The standard InChI is InChI=1S/C15H16O4/c1-4-6-15(17)19-14-8-7-12(18-9-5-2)10-13(14)11(3)16/h4-8,10H,2,9H2,1,3H3/b6-4+. The number of hydrogen-bond acceptors (Lipinski definition) is 4. The van der Waals surface area contributed by atoms with E-state index in [1.807, 2.05) is 0 Å². The fraction of sp³-hybridized carbons (Fsp3) is 0.200. The number of ketones is 1. The maximum Gasteiger partial charge on any atom is 0.335 e. The quantitative estimate of drug-likeness (QED) is 0.259. The number of allylic oxidation sites excluding steroid dienone is 1. The van der Waals surface area contributed by atoms with Crippen LogP contribution in [0.2, 0.25) is 0 Å². The first kappa shape index (κ1) is 14.7. The molecule has 100 valence electrons. The highest BCUT2D eigenvalue weighted by molar-refractivity contribution is 5.98. The fourth-order valence-corrected chi connectivity index (χ4v) is 1.40. The summed E-state index contributed by atoms with van der Waals surface area (Å²) >= 11 is 0. The smallest absolute Gasteiger partial charge is 0.335 e. The van der Waals surface area contributed by atoms with E-state index in [1.54, 1.807) is 31.2 Å². The average molecular weight is 260 g/mol. The van der Waals surface area contributed by atoms with E-state index in [0.29, 0.717) is 17.9 Å². The predicted molar refractivity (Wildman–Crippen MR) is 72.6 cm³/mol. The van der Waals surface area contributed by atoms with E-state index in [-0.39, 0.29) is 11.5 Å². The number of ether oxygens (including phenoxy) is 2. The van der Waals surface area contributed by atoms with Gasteiger partial charge in [-0.15, -0.1) is 0 Å². The summed E-state index contributed by atoms with van der Waals surface area (Å²) < 4.78 is 10.4. The molecule has 0 aliphatic carbocycles. The van der Waals surface area contributed by atoms with E-state index in [1.165, 1.54) is 19.1 Å². The maximum atomic E-state index is 11.5. The monoisotopic (exact) mass is 260 g/mol. The average Bonchev–Trinajstić information content (AvgIpc) is 2.37. The van der Waals surface area contributed by atoms with E-state index in [9.17, 15) is 9.59 Å². The van der Waals surface area contributed by atoms with Crippen molar-refractivity contribution >= 4 is 11.8 Å². The third-order valence-electron chi connectivity index (χ3n) is 2.21. The molecule has 0 spiro atoms. The second-order valence-corrected chi connectivity index (χ2v) is 3.73. The van der Waals surface area contributed by atoms with Crippen molar-refractivity contribution in [1.82, 2.24) is 0 Å². The SMILES string of the molecule is C=CCOc1ccc(OC(=O)/C=C/C)c(C(C)=O)c1. The van der Waals surface area contributed by atoms with Crippen molar-refractivity contribution < 1.29 is 19.1 Å². The lowest BCUT2D eigenvalue weighted by atomic mass is 10.1. The summed E-state index contributed by atoms with van der Waals surface area (Å²) in [4.78, 5) is 22.9. The van der Waals surface area contributed by atoms with Gasteiger partial charge in [-0.05, 0) is 32.0 Å². The van der Waals surface area contributed by atoms with Crippen LogP contribution >= 0.6 is 0 Å². The Balaban J connectivity index is 3.00. The molecule has 0 aliphatic heterocycles. The molecule has 0 saturated heterocycles. The number of hydrogen-bond donors (Lipinski definition) is 0. The van der Waals surface area contributed by atoms with Crippen molar-refractivity contribution in [2.75, 3.05) is 6.61 Å². The first-order valence-electron chi connectivity index (χ1n) is 5.81. The molecule has 0 fully saturated rings. The molecule has 4 heteroatoms. The molecular weight excluding hydrogens is 244 g/mol. The first-order valence-corrected chi connectivity index (χ1v) is 5.81. The molecule has 4 nitrogen and oxygen atoms in total. The van der Waals surface area contributed by atoms with Crippen LogP contribution in [0.4, 0.5) is 0 Å². The molecular formula is C15H16O4. The summed E-state index contributed by atoms with van der Waals surface area (Å²) in [6.45, 7) is 6.99. The molecule has 0 unspecified atom stereocenters. The number of benzene rings is 1. The Morgan fingerprint density at radius 2 is 2.11 bits per heavy atom. The second kappa shape index (κ2) is 7.16. The number of esters is 1. The van der Waals surface area contributed by atoms with Crippen LogP contribution in [-0.4, -0.2) is 18.4 Å². The fourth-order valence-electron chi connectivity index (χ4n) is 1.40. The molecule has 19 heavy (non-hydrogen) atoms. The summed E-state index contributed by atoms with van der Waals surface area (Å²) in [6.07, 6.45) is 4.46. The van der Waals surface area contributed by atoms with Crippen molar-refractivity contribution in [3.63, 3.8) is 0 Å². The highest BCUT2D eigenvalue weighted by atomic mass is 16.5. The normalized spacial score (nSPS) is 10.2. The summed E-state index contributed by atoms with van der Waals surface area (Å²) in [5, 5.41) is 0. The van der Waals surface area contributed by atoms with Crippen LogP contribution in [0.25, 0.3) is 0 Å². The Morgan fingerprint density at radius 1 is 1.37 bits per heavy atom. The Morgan fingerprint density at radius 3 is 2.68 bits per heavy atom. The van der Waals surface area contributed by atoms with Gasteiger partial charge < -0.3 is 9.47 Å². The lowest BCUT2D eigenvalue weighted by Crippen LogP contribution is -2.08. The molecule has 0 heterocycles. The first-order chi connectivity index (χ1) is 9.08. The van der Waals surface area contributed by atoms with Crippen molar-refractivity contribution in [2.24, 2.45) is 0 Å².